The largest absolute Gasteiger partial charge is 0.463 e. The highest BCUT2D eigenvalue weighted by molar-refractivity contribution is 7.98. The average Bonchev–Trinajstić information content (AvgIpc) is 2.31. The van der Waals surface area contributed by atoms with Gasteiger partial charge < -0.3 is 9.84 Å². The van der Waals surface area contributed by atoms with Gasteiger partial charge in [-0.05, 0) is 18.4 Å². The van der Waals surface area contributed by atoms with Crippen molar-refractivity contribution in [1.82, 2.24) is 0 Å². The lowest BCUT2D eigenvalue weighted by Gasteiger charge is -2.10. The van der Waals surface area contributed by atoms with Gasteiger partial charge in [0.25, 0.3) is 0 Å². The van der Waals surface area contributed by atoms with E-state index >= 15 is 0 Å². The van der Waals surface area contributed by atoms with E-state index in [2.05, 4.69) is 6.58 Å². The molecular weight excluding hydrogens is 244 g/mol. The zero-order valence-electron chi connectivity index (χ0n) is 10.1. The first kappa shape index (κ1) is 16.4. The highest BCUT2D eigenvalue weighted by Gasteiger charge is 2.08. The van der Waals surface area contributed by atoms with E-state index in [1.807, 2.05) is 6.26 Å². The molecule has 0 aromatic rings. The molecular formula is C11H20O5S. The van der Waals surface area contributed by atoms with Gasteiger partial charge in [-0.25, -0.2) is 9.78 Å². The lowest BCUT2D eigenvalue weighted by molar-refractivity contribution is -0.306. The molecule has 0 aromatic heterocycles. The quantitative estimate of drug-likeness (QED) is 0.199. The third-order valence-corrected chi connectivity index (χ3v) is 2.36. The number of ether oxygens (including phenoxy) is 1. The third-order valence-electron chi connectivity index (χ3n) is 1.67. The number of hydrogen-bond acceptors (Lipinski definition) is 6. The number of thioether (sulfide) groups is 1. The maximum atomic E-state index is 10.9. The van der Waals surface area contributed by atoms with Gasteiger partial charge in [0, 0.05) is 0 Å². The van der Waals surface area contributed by atoms with E-state index in [4.69, 9.17) is 14.5 Å². The van der Waals surface area contributed by atoms with Crippen molar-refractivity contribution in [3.63, 3.8) is 0 Å². The molecule has 0 spiro atoms. The molecule has 0 aliphatic carbocycles. The van der Waals surface area contributed by atoms with Crippen molar-refractivity contribution in [3.8, 4) is 0 Å². The summed E-state index contributed by atoms with van der Waals surface area (Å²) in [6, 6.07) is 0. The Kier molecular flexibility index (Phi) is 11.5. The van der Waals surface area contributed by atoms with Crippen LogP contribution in [0.1, 0.15) is 12.8 Å². The van der Waals surface area contributed by atoms with Crippen LogP contribution in [0.3, 0.4) is 0 Å². The van der Waals surface area contributed by atoms with Gasteiger partial charge in [0.05, 0.1) is 13.0 Å². The van der Waals surface area contributed by atoms with Crippen molar-refractivity contribution < 1.29 is 24.4 Å². The molecule has 0 saturated heterocycles. The van der Waals surface area contributed by atoms with Crippen molar-refractivity contribution in [3.05, 3.63) is 12.7 Å². The topological polar surface area (TPSA) is 65.0 Å². The zero-order valence-corrected chi connectivity index (χ0v) is 10.9. The van der Waals surface area contributed by atoms with Gasteiger partial charge in [0.2, 0.25) is 0 Å². The number of rotatable bonds is 11. The van der Waals surface area contributed by atoms with Crippen molar-refractivity contribution in [2.45, 2.75) is 18.9 Å². The second-order valence-corrected chi connectivity index (χ2v) is 4.27. The third kappa shape index (κ3) is 11.7. The van der Waals surface area contributed by atoms with Gasteiger partial charge in [-0.3, -0.25) is 4.79 Å². The fourth-order valence-electron chi connectivity index (χ4n) is 0.862. The summed E-state index contributed by atoms with van der Waals surface area (Å²) >= 11 is 1.73. The SMILES string of the molecule is C=CCC(=O)OCC(O)COOCCCSC. The number of esters is 1. The molecule has 17 heavy (non-hydrogen) atoms. The average molecular weight is 264 g/mol. The fraction of sp³-hybridized carbons (Fsp3) is 0.727. The van der Waals surface area contributed by atoms with Crippen LogP contribution in [0.2, 0.25) is 0 Å². The molecule has 0 aliphatic heterocycles. The Morgan fingerprint density at radius 3 is 2.88 bits per heavy atom. The molecule has 1 atom stereocenters. The first-order valence-corrected chi connectivity index (χ1v) is 6.78. The minimum Gasteiger partial charge on any atom is -0.463 e. The normalized spacial score (nSPS) is 12.1. The van der Waals surface area contributed by atoms with Crippen LogP contribution in [-0.2, 0) is 19.3 Å². The molecule has 0 fully saturated rings. The Balaban J connectivity index is 3.31. The second kappa shape index (κ2) is 11.9. The lowest BCUT2D eigenvalue weighted by Crippen LogP contribution is -2.23. The zero-order chi connectivity index (χ0) is 12.9. The van der Waals surface area contributed by atoms with Crippen molar-refractivity contribution in [2.24, 2.45) is 0 Å². The maximum Gasteiger partial charge on any atom is 0.309 e. The Bertz CT molecular complexity index is 210. The van der Waals surface area contributed by atoms with E-state index in [-0.39, 0.29) is 19.6 Å². The van der Waals surface area contributed by atoms with E-state index in [0.717, 1.165) is 12.2 Å². The van der Waals surface area contributed by atoms with Crippen LogP contribution in [0.15, 0.2) is 12.7 Å². The van der Waals surface area contributed by atoms with Crippen LogP contribution < -0.4 is 0 Å². The fourth-order valence-corrected chi connectivity index (χ4v) is 1.27. The van der Waals surface area contributed by atoms with Crippen LogP contribution in [0.5, 0.6) is 0 Å². The highest BCUT2D eigenvalue weighted by atomic mass is 32.2. The van der Waals surface area contributed by atoms with Crippen molar-refractivity contribution >= 4 is 17.7 Å². The molecule has 0 aliphatic rings. The molecule has 5 nitrogen and oxygen atoms in total. The highest BCUT2D eigenvalue weighted by Crippen LogP contribution is 1.97. The molecule has 1 unspecified atom stereocenters. The first-order chi connectivity index (χ1) is 8.20. The summed E-state index contributed by atoms with van der Waals surface area (Å²) in [5.41, 5.74) is 0. The van der Waals surface area contributed by atoms with E-state index in [1.54, 1.807) is 11.8 Å². The number of aliphatic hydroxyl groups is 1. The molecule has 0 rings (SSSR count). The van der Waals surface area contributed by atoms with E-state index in [9.17, 15) is 9.90 Å². The van der Waals surface area contributed by atoms with Crippen LogP contribution in [0.4, 0.5) is 0 Å². The molecule has 0 bridgehead atoms. The van der Waals surface area contributed by atoms with Crippen LogP contribution in [0.25, 0.3) is 0 Å². The minimum atomic E-state index is -0.871. The molecule has 100 valence electrons. The number of carbonyl (C=O) groups excluding carboxylic acids is 1. The van der Waals surface area contributed by atoms with Gasteiger partial charge in [-0.2, -0.15) is 11.8 Å². The first-order valence-electron chi connectivity index (χ1n) is 5.38. The van der Waals surface area contributed by atoms with Crippen LogP contribution in [0, 0.1) is 0 Å². The Morgan fingerprint density at radius 2 is 2.24 bits per heavy atom. The van der Waals surface area contributed by atoms with Crippen LogP contribution >= 0.6 is 11.8 Å². The van der Waals surface area contributed by atoms with E-state index < -0.39 is 12.1 Å². The standard InChI is InChI=1S/C11H20O5S/c1-3-5-11(13)14-8-10(12)9-16-15-6-4-7-17-2/h3,10,12H,1,4-9H2,2H3. The summed E-state index contributed by atoms with van der Waals surface area (Å²) in [6.45, 7) is 3.78. The molecule has 0 saturated carbocycles. The summed E-state index contributed by atoms with van der Waals surface area (Å²) in [5.74, 6) is 0.588. The molecule has 1 N–H and O–H groups in total. The van der Waals surface area contributed by atoms with Gasteiger partial charge in [0.15, 0.2) is 0 Å². The van der Waals surface area contributed by atoms with Gasteiger partial charge in [0.1, 0.15) is 19.3 Å². The monoisotopic (exact) mass is 264 g/mol. The summed E-state index contributed by atoms with van der Waals surface area (Å²) in [6.07, 6.45) is 3.62. The van der Waals surface area contributed by atoms with Gasteiger partial charge in [-0.1, -0.05) is 6.08 Å². The molecule has 0 aromatic carbocycles. The summed E-state index contributed by atoms with van der Waals surface area (Å²) < 4.78 is 4.74. The van der Waals surface area contributed by atoms with Crippen LogP contribution in [-0.4, -0.2) is 49.0 Å². The molecule has 6 heteroatoms. The lowest BCUT2D eigenvalue weighted by atomic mass is 10.4. The molecule has 0 radical (unpaired) electrons. The van der Waals surface area contributed by atoms with Gasteiger partial charge in [-0.15, -0.1) is 6.58 Å². The molecule has 0 amide bonds. The second-order valence-electron chi connectivity index (χ2n) is 3.28. The summed E-state index contributed by atoms with van der Waals surface area (Å²) in [4.78, 5) is 20.5. The number of carbonyl (C=O) groups is 1. The Labute approximate surface area is 106 Å². The smallest absolute Gasteiger partial charge is 0.309 e. The van der Waals surface area contributed by atoms with Gasteiger partial charge >= 0.3 is 5.97 Å². The Morgan fingerprint density at radius 1 is 1.47 bits per heavy atom. The van der Waals surface area contributed by atoms with E-state index in [1.165, 1.54) is 6.08 Å². The maximum absolute atomic E-state index is 10.9. The Hall–Kier alpha value is -0.560. The summed E-state index contributed by atoms with van der Waals surface area (Å²) in [7, 11) is 0. The predicted molar refractivity (Wildman–Crippen MR) is 66.7 cm³/mol. The summed E-state index contributed by atoms with van der Waals surface area (Å²) in [5, 5.41) is 9.36. The number of aliphatic hydroxyl groups excluding tert-OH is 1. The number of hydrogen-bond donors (Lipinski definition) is 1. The van der Waals surface area contributed by atoms with Crippen molar-refractivity contribution in [2.75, 3.05) is 31.8 Å². The molecule has 0 heterocycles. The predicted octanol–water partition coefficient (Wildman–Crippen LogP) is 1.17. The van der Waals surface area contributed by atoms with Crippen molar-refractivity contribution in [1.29, 1.82) is 0 Å². The van der Waals surface area contributed by atoms with E-state index in [0.29, 0.717) is 6.61 Å². The minimum absolute atomic E-state index is 0.0133.